The highest BCUT2D eigenvalue weighted by atomic mass is 32.1. The van der Waals surface area contributed by atoms with E-state index in [0.717, 1.165) is 17.0 Å². The van der Waals surface area contributed by atoms with Gasteiger partial charge >= 0.3 is 0 Å². The molecule has 0 spiro atoms. The molecule has 6 nitrogen and oxygen atoms in total. The van der Waals surface area contributed by atoms with E-state index < -0.39 is 0 Å². The lowest BCUT2D eigenvalue weighted by atomic mass is 10.2. The van der Waals surface area contributed by atoms with Crippen LogP contribution in [-0.2, 0) is 6.54 Å². The van der Waals surface area contributed by atoms with Gasteiger partial charge in [0.2, 0.25) is 5.75 Å². The van der Waals surface area contributed by atoms with Crippen LogP contribution in [0.15, 0.2) is 36.4 Å². The van der Waals surface area contributed by atoms with E-state index in [1.807, 2.05) is 24.3 Å². The molecule has 0 aliphatic heterocycles. The number of methoxy groups -OCH3 is 4. The van der Waals surface area contributed by atoms with Gasteiger partial charge in [-0.15, -0.1) is 0 Å². The van der Waals surface area contributed by atoms with Crippen molar-refractivity contribution in [2.45, 2.75) is 6.54 Å². The second kappa shape index (κ2) is 8.98. The molecule has 2 aromatic carbocycles. The van der Waals surface area contributed by atoms with E-state index in [1.54, 1.807) is 40.6 Å². The van der Waals surface area contributed by atoms with E-state index in [9.17, 15) is 0 Å². The van der Waals surface area contributed by atoms with Crippen molar-refractivity contribution < 1.29 is 18.9 Å². The Morgan fingerprint density at radius 3 is 2.04 bits per heavy atom. The molecule has 0 heterocycles. The topological polar surface area (TPSA) is 61.0 Å². The van der Waals surface area contributed by atoms with Crippen LogP contribution in [0.3, 0.4) is 0 Å². The molecule has 2 aromatic rings. The van der Waals surface area contributed by atoms with Crippen molar-refractivity contribution in [3.63, 3.8) is 0 Å². The molecule has 0 fully saturated rings. The van der Waals surface area contributed by atoms with Crippen LogP contribution in [0.25, 0.3) is 0 Å². The smallest absolute Gasteiger partial charge is 0.203 e. The Kier molecular flexibility index (Phi) is 6.71. The molecule has 0 amide bonds. The number of hydrogen-bond donors (Lipinski definition) is 2. The normalized spacial score (nSPS) is 9.92. The maximum absolute atomic E-state index is 5.36. The summed E-state index contributed by atoms with van der Waals surface area (Å²) in [6.45, 7) is 0.542. The van der Waals surface area contributed by atoms with Crippen LogP contribution in [0, 0.1) is 0 Å². The number of nitrogens with one attached hydrogen (secondary N) is 2. The molecule has 0 atom stereocenters. The predicted molar refractivity (Wildman–Crippen MR) is 102 cm³/mol. The van der Waals surface area contributed by atoms with Crippen molar-refractivity contribution in [1.82, 2.24) is 5.32 Å². The first-order chi connectivity index (χ1) is 12.1. The number of para-hydroxylation sites is 1. The van der Waals surface area contributed by atoms with E-state index >= 15 is 0 Å². The third-order valence-electron chi connectivity index (χ3n) is 3.55. The van der Waals surface area contributed by atoms with Crippen LogP contribution in [0.2, 0.25) is 0 Å². The zero-order valence-electron chi connectivity index (χ0n) is 14.7. The molecule has 0 saturated carbocycles. The molecule has 2 N–H and O–H groups in total. The molecule has 2 rings (SSSR count). The first-order valence-electron chi connectivity index (χ1n) is 7.59. The molecule has 0 unspecified atom stereocenters. The molecule has 0 radical (unpaired) electrons. The van der Waals surface area contributed by atoms with E-state index in [2.05, 4.69) is 10.6 Å². The molecule has 0 aliphatic rings. The van der Waals surface area contributed by atoms with Gasteiger partial charge in [-0.05, 0) is 18.3 Å². The van der Waals surface area contributed by atoms with Gasteiger partial charge in [0.05, 0.1) is 28.4 Å². The zero-order chi connectivity index (χ0) is 18.2. The fraction of sp³-hybridized carbons (Fsp3) is 0.278. The minimum absolute atomic E-state index is 0.472. The summed E-state index contributed by atoms with van der Waals surface area (Å²) in [4.78, 5) is 0. The Morgan fingerprint density at radius 1 is 0.880 bits per heavy atom. The van der Waals surface area contributed by atoms with Gasteiger partial charge in [0.25, 0.3) is 0 Å². The Labute approximate surface area is 153 Å². The SMILES string of the molecule is COc1ccccc1CNC(=S)Nc1cc(OC)c(OC)c(OC)c1. The number of rotatable bonds is 7. The summed E-state index contributed by atoms with van der Waals surface area (Å²) < 4.78 is 21.3. The van der Waals surface area contributed by atoms with Crippen molar-refractivity contribution in [1.29, 1.82) is 0 Å². The average Bonchev–Trinajstić information content (AvgIpc) is 2.65. The van der Waals surface area contributed by atoms with Gasteiger partial charge in [-0.25, -0.2) is 0 Å². The highest BCUT2D eigenvalue weighted by Crippen LogP contribution is 2.39. The summed E-state index contributed by atoms with van der Waals surface area (Å²) in [5, 5.41) is 6.74. The minimum Gasteiger partial charge on any atom is -0.496 e. The average molecular weight is 362 g/mol. The van der Waals surface area contributed by atoms with Gasteiger partial charge < -0.3 is 29.6 Å². The Balaban J connectivity index is 2.07. The van der Waals surface area contributed by atoms with Gasteiger partial charge in [-0.3, -0.25) is 0 Å². The van der Waals surface area contributed by atoms with Crippen LogP contribution in [0.4, 0.5) is 5.69 Å². The lowest BCUT2D eigenvalue weighted by molar-refractivity contribution is 0.324. The van der Waals surface area contributed by atoms with E-state index in [4.69, 9.17) is 31.2 Å². The third-order valence-corrected chi connectivity index (χ3v) is 3.80. The fourth-order valence-corrected chi connectivity index (χ4v) is 2.54. The van der Waals surface area contributed by atoms with E-state index in [1.165, 1.54) is 0 Å². The number of anilines is 1. The third kappa shape index (κ3) is 4.67. The van der Waals surface area contributed by atoms with Crippen molar-refractivity contribution >= 4 is 23.0 Å². The summed E-state index contributed by atoms with van der Waals surface area (Å²) in [7, 11) is 6.34. The van der Waals surface area contributed by atoms with E-state index in [-0.39, 0.29) is 0 Å². The van der Waals surface area contributed by atoms with Crippen LogP contribution in [0.1, 0.15) is 5.56 Å². The van der Waals surface area contributed by atoms with Crippen molar-refractivity contribution in [3.8, 4) is 23.0 Å². The highest BCUT2D eigenvalue weighted by Gasteiger charge is 2.13. The number of ether oxygens (including phenoxy) is 4. The van der Waals surface area contributed by atoms with Crippen molar-refractivity contribution in [2.75, 3.05) is 33.8 Å². The first-order valence-corrected chi connectivity index (χ1v) is 8.00. The molecular formula is C18H22N2O4S. The number of hydrogen-bond acceptors (Lipinski definition) is 5. The summed E-state index contributed by atoms with van der Waals surface area (Å²) in [5.74, 6) is 2.45. The largest absolute Gasteiger partial charge is 0.496 e. The second-order valence-electron chi connectivity index (χ2n) is 5.03. The van der Waals surface area contributed by atoms with Gasteiger partial charge in [-0.1, -0.05) is 18.2 Å². The van der Waals surface area contributed by atoms with Crippen molar-refractivity contribution in [2.24, 2.45) is 0 Å². The zero-order valence-corrected chi connectivity index (χ0v) is 15.5. The standard InChI is InChI=1S/C18H22N2O4S/c1-21-14-8-6-5-7-12(14)11-19-18(25)20-13-9-15(22-2)17(24-4)16(10-13)23-3/h5-10H,11H2,1-4H3,(H2,19,20,25). The van der Waals surface area contributed by atoms with Crippen LogP contribution < -0.4 is 29.6 Å². The molecule has 7 heteroatoms. The van der Waals surface area contributed by atoms with Gasteiger partial charge in [-0.2, -0.15) is 0 Å². The lowest BCUT2D eigenvalue weighted by Crippen LogP contribution is -2.28. The van der Waals surface area contributed by atoms with Gasteiger partial charge in [0.15, 0.2) is 16.6 Å². The molecule has 0 aliphatic carbocycles. The Hall–Kier alpha value is -2.67. The van der Waals surface area contributed by atoms with Crippen LogP contribution in [-0.4, -0.2) is 33.6 Å². The second-order valence-corrected chi connectivity index (χ2v) is 5.44. The van der Waals surface area contributed by atoms with Crippen molar-refractivity contribution in [3.05, 3.63) is 42.0 Å². The van der Waals surface area contributed by atoms with Crippen LogP contribution >= 0.6 is 12.2 Å². The minimum atomic E-state index is 0.472. The lowest BCUT2D eigenvalue weighted by Gasteiger charge is -2.16. The maximum atomic E-state index is 5.36. The van der Waals surface area contributed by atoms with E-state index in [0.29, 0.717) is 28.9 Å². The number of benzene rings is 2. The molecule has 25 heavy (non-hydrogen) atoms. The molecule has 134 valence electrons. The summed E-state index contributed by atoms with van der Waals surface area (Å²) in [5.41, 5.74) is 1.74. The monoisotopic (exact) mass is 362 g/mol. The van der Waals surface area contributed by atoms with Gasteiger partial charge in [0.1, 0.15) is 5.75 Å². The fourth-order valence-electron chi connectivity index (χ4n) is 2.35. The Morgan fingerprint density at radius 2 is 1.48 bits per heavy atom. The maximum Gasteiger partial charge on any atom is 0.203 e. The number of thiocarbonyl (C=S) groups is 1. The molecule has 0 saturated heterocycles. The van der Waals surface area contributed by atoms with Crippen LogP contribution in [0.5, 0.6) is 23.0 Å². The Bertz CT molecular complexity index is 712. The summed E-state index contributed by atoms with van der Waals surface area (Å²) in [6.07, 6.45) is 0. The highest BCUT2D eigenvalue weighted by molar-refractivity contribution is 7.80. The first kappa shape index (κ1) is 18.7. The summed E-state index contributed by atoms with van der Waals surface area (Å²) >= 11 is 5.36. The summed E-state index contributed by atoms with van der Waals surface area (Å²) in [6, 6.07) is 11.3. The molecule has 0 aromatic heterocycles. The van der Waals surface area contributed by atoms with Gasteiger partial charge in [0, 0.05) is 29.9 Å². The quantitative estimate of drug-likeness (QED) is 0.734. The molecule has 0 bridgehead atoms. The predicted octanol–water partition coefficient (Wildman–Crippen LogP) is 3.21. The molecular weight excluding hydrogens is 340 g/mol.